The number of hydrogen-bond donors (Lipinski definition) is 2. The molecule has 1 unspecified atom stereocenters. The molecule has 10 heteroatoms. The molecule has 2 aromatic heterocycles. The van der Waals surface area contributed by atoms with E-state index < -0.39 is 11.5 Å². The van der Waals surface area contributed by atoms with Crippen LogP contribution in [0.1, 0.15) is 62.2 Å². The molecule has 1 saturated heterocycles. The van der Waals surface area contributed by atoms with Crippen LogP contribution in [0.15, 0.2) is 10.9 Å². The molecule has 0 aromatic carbocycles. The number of nitrogens with one attached hydrogen (secondary N) is 1. The number of nitrogens with zero attached hydrogens (tertiary/aromatic N) is 4. The van der Waals surface area contributed by atoms with Gasteiger partial charge in [0.15, 0.2) is 5.56 Å². The first kappa shape index (κ1) is 24.0. The summed E-state index contributed by atoms with van der Waals surface area (Å²) in [6.45, 7) is 10.9. The van der Waals surface area contributed by atoms with Gasteiger partial charge >= 0.3 is 0 Å². The van der Waals surface area contributed by atoms with Crippen molar-refractivity contribution in [3.8, 4) is 5.88 Å². The van der Waals surface area contributed by atoms with Crippen molar-refractivity contribution < 1.29 is 19.4 Å². The summed E-state index contributed by atoms with van der Waals surface area (Å²) in [5, 5.41) is 18.2. The van der Waals surface area contributed by atoms with Crippen LogP contribution >= 0.6 is 0 Å². The smallest absolute Gasteiger partial charge is 0.291 e. The molecular formula is C24H33N5O5. The summed E-state index contributed by atoms with van der Waals surface area (Å²) >= 11 is 0. The normalized spacial score (nSPS) is 21.1. The van der Waals surface area contributed by atoms with Crippen LogP contribution in [0.25, 0.3) is 11.7 Å². The van der Waals surface area contributed by atoms with Crippen LogP contribution in [-0.2, 0) is 16.1 Å². The van der Waals surface area contributed by atoms with Crippen molar-refractivity contribution >= 4 is 23.5 Å². The van der Waals surface area contributed by atoms with Gasteiger partial charge in [-0.1, -0.05) is 13.8 Å². The van der Waals surface area contributed by atoms with Gasteiger partial charge in [-0.05, 0) is 45.6 Å². The fourth-order valence-electron chi connectivity index (χ4n) is 4.46. The van der Waals surface area contributed by atoms with E-state index in [1.54, 1.807) is 17.9 Å². The third kappa shape index (κ3) is 4.46. The summed E-state index contributed by atoms with van der Waals surface area (Å²) in [5.41, 5.74) is 0.411. The maximum absolute atomic E-state index is 13.2. The minimum absolute atomic E-state index is 0.0365. The number of carbonyl (C=O) groups is 2. The van der Waals surface area contributed by atoms with Crippen molar-refractivity contribution in [1.29, 1.82) is 0 Å². The number of aromatic hydroxyl groups is 1. The van der Waals surface area contributed by atoms with E-state index >= 15 is 0 Å². The molecule has 34 heavy (non-hydrogen) atoms. The number of hydrogen-bond acceptors (Lipinski definition) is 6. The molecule has 1 saturated carbocycles. The molecule has 2 aromatic rings. The van der Waals surface area contributed by atoms with Crippen molar-refractivity contribution in [1.82, 2.24) is 24.4 Å². The fourth-order valence-corrected chi connectivity index (χ4v) is 4.46. The monoisotopic (exact) mass is 471 g/mol. The maximum Gasteiger partial charge on any atom is 0.291 e. The Kier molecular flexibility index (Phi) is 6.53. The van der Waals surface area contributed by atoms with Gasteiger partial charge in [-0.25, -0.2) is 0 Å². The van der Waals surface area contributed by atoms with Crippen LogP contribution in [0.3, 0.4) is 0 Å². The second-order valence-electron chi connectivity index (χ2n) is 9.80. The lowest BCUT2D eigenvalue weighted by Gasteiger charge is -2.38. The van der Waals surface area contributed by atoms with Crippen molar-refractivity contribution in [2.45, 2.75) is 72.1 Å². The summed E-state index contributed by atoms with van der Waals surface area (Å²) in [7, 11) is 0. The van der Waals surface area contributed by atoms with Gasteiger partial charge in [-0.2, -0.15) is 9.61 Å². The van der Waals surface area contributed by atoms with E-state index in [0.717, 1.165) is 17.4 Å². The Morgan fingerprint density at radius 2 is 1.88 bits per heavy atom. The van der Waals surface area contributed by atoms with Gasteiger partial charge in [-0.3, -0.25) is 19.0 Å². The van der Waals surface area contributed by atoms with Crippen LogP contribution in [0, 0.1) is 12.8 Å². The minimum Gasteiger partial charge on any atom is -0.494 e. The molecule has 184 valence electrons. The summed E-state index contributed by atoms with van der Waals surface area (Å²) in [6, 6.07) is -0.0717. The average Bonchev–Trinajstić information content (AvgIpc) is 3.50. The number of morpholine rings is 1. The molecule has 1 aliphatic carbocycles. The first-order chi connectivity index (χ1) is 16.1. The number of rotatable bonds is 6. The summed E-state index contributed by atoms with van der Waals surface area (Å²) in [6.07, 6.45) is 4.82. The quantitative estimate of drug-likeness (QED) is 0.620. The molecule has 3 heterocycles. The van der Waals surface area contributed by atoms with E-state index in [0.29, 0.717) is 36.7 Å². The van der Waals surface area contributed by atoms with Crippen molar-refractivity contribution in [3.63, 3.8) is 0 Å². The van der Waals surface area contributed by atoms with Crippen LogP contribution in [0.5, 0.6) is 5.88 Å². The number of ether oxygens (including phenoxy) is 1. The van der Waals surface area contributed by atoms with Crippen molar-refractivity contribution in [3.05, 3.63) is 33.3 Å². The van der Waals surface area contributed by atoms with Gasteiger partial charge in [0.2, 0.25) is 11.8 Å². The maximum atomic E-state index is 13.2. The third-order valence-electron chi connectivity index (χ3n) is 6.22. The van der Waals surface area contributed by atoms with E-state index in [1.165, 1.54) is 10.6 Å². The van der Waals surface area contributed by atoms with Gasteiger partial charge in [0.1, 0.15) is 5.65 Å². The number of amides is 2. The zero-order valence-electron chi connectivity index (χ0n) is 20.4. The van der Waals surface area contributed by atoms with Gasteiger partial charge in [0.25, 0.3) is 11.5 Å². The Labute approximate surface area is 198 Å². The second kappa shape index (κ2) is 9.25. The van der Waals surface area contributed by atoms with Crippen LogP contribution < -0.4 is 10.9 Å². The molecule has 2 aliphatic rings. The molecular weight excluding hydrogens is 438 g/mol. The van der Waals surface area contributed by atoms with Gasteiger partial charge < -0.3 is 20.1 Å². The molecule has 0 bridgehead atoms. The zero-order valence-corrected chi connectivity index (χ0v) is 20.4. The number of carbonyl (C=O) groups excluding carboxylic acids is 2. The summed E-state index contributed by atoms with van der Waals surface area (Å²) in [5.74, 6) is -1.04. The van der Waals surface area contributed by atoms with E-state index in [2.05, 4.69) is 10.4 Å². The summed E-state index contributed by atoms with van der Waals surface area (Å²) < 4.78 is 8.20. The van der Waals surface area contributed by atoms with E-state index in [4.69, 9.17) is 4.74 Å². The minimum atomic E-state index is -0.685. The number of aryl methyl sites for hydroxylation is 1. The Balaban J connectivity index is 1.81. The SMILES string of the molecule is Cc1nn2c(=O)c(C(=O)NC3CC3)c(O)n(CC(C)C)c2c1/C=C/C(=O)N1C(C)COC[C@H]1C. The first-order valence-corrected chi connectivity index (χ1v) is 11.8. The molecule has 2 atom stereocenters. The number of aromatic nitrogens is 3. The Bertz CT molecular complexity index is 1200. The molecule has 0 spiro atoms. The number of fused-ring (bicyclic) bond motifs is 1. The largest absolute Gasteiger partial charge is 0.494 e. The zero-order chi connectivity index (χ0) is 24.7. The van der Waals surface area contributed by atoms with E-state index in [1.807, 2.05) is 27.7 Å². The van der Waals surface area contributed by atoms with Crippen molar-refractivity contribution in [2.75, 3.05) is 13.2 Å². The predicted octanol–water partition coefficient (Wildman–Crippen LogP) is 1.71. The molecule has 1 aliphatic heterocycles. The third-order valence-corrected chi connectivity index (χ3v) is 6.22. The highest BCUT2D eigenvalue weighted by molar-refractivity contribution is 5.97. The van der Waals surface area contributed by atoms with Gasteiger partial charge in [-0.15, -0.1) is 0 Å². The average molecular weight is 472 g/mol. The molecule has 10 nitrogen and oxygen atoms in total. The van der Waals surface area contributed by atoms with Crippen LogP contribution in [0.2, 0.25) is 0 Å². The summed E-state index contributed by atoms with van der Waals surface area (Å²) in [4.78, 5) is 40.8. The second-order valence-corrected chi connectivity index (χ2v) is 9.80. The fraction of sp³-hybridized carbons (Fsp3) is 0.583. The Morgan fingerprint density at radius 3 is 2.47 bits per heavy atom. The molecule has 0 radical (unpaired) electrons. The van der Waals surface area contributed by atoms with Crippen LogP contribution in [-0.4, -0.2) is 67.3 Å². The highest BCUT2D eigenvalue weighted by Crippen LogP contribution is 2.26. The highest BCUT2D eigenvalue weighted by atomic mass is 16.5. The lowest BCUT2D eigenvalue weighted by Crippen LogP contribution is -2.51. The van der Waals surface area contributed by atoms with E-state index in [-0.39, 0.29) is 41.4 Å². The van der Waals surface area contributed by atoms with Crippen LogP contribution in [0.4, 0.5) is 0 Å². The van der Waals surface area contributed by atoms with Crippen molar-refractivity contribution in [2.24, 2.45) is 5.92 Å². The lowest BCUT2D eigenvalue weighted by atomic mass is 10.1. The van der Waals surface area contributed by atoms with Gasteiger partial charge in [0.05, 0.1) is 31.0 Å². The Morgan fingerprint density at radius 1 is 1.24 bits per heavy atom. The lowest BCUT2D eigenvalue weighted by molar-refractivity contribution is -0.138. The standard InChI is InChI=1S/C24H33N5O5/c1-13(2)10-27-22-18(8-9-19(30)28-14(3)11-34-12-15(28)4)16(5)26-29(22)24(33)20(23(27)32)21(31)25-17-6-7-17/h8-9,13-15,17,32H,6-7,10-12H2,1-5H3,(H,25,31)/b9-8+/t14-,15?/m1/s1. The molecule has 2 amide bonds. The molecule has 2 N–H and O–H groups in total. The predicted molar refractivity (Wildman–Crippen MR) is 127 cm³/mol. The molecule has 4 rings (SSSR count). The highest BCUT2D eigenvalue weighted by Gasteiger charge is 2.31. The molecule has 2 fully saturated rings. The van der Waals surface area contributed by atoms with E-state index in [9.17, 15) is 19.5 Å². The Hall–Kier alpha value is -3.14. The topological polar surface area (TPSA) is 118 Å². The first-order valence-electron chi connectivity index (χ1n) is 11.8. The van der Waals surface area contributed by atoms with Gasteiger partial charge in [0, 0.05) is 24.2 Å².